The highest BCUT2D eigenvalue weighted by molar-refractivity contribution is 7.09. The summed E-state index contributed by atoms with van der Waals surface area (Å²) >= 11 is 1.64. The van der Waals surface area contributed by atoms with Crippen LogP contribution < -0.4 is 10.6 Å². The summed E-state index contributed by atoms with van der Waals surface area (Å²) in [5, 5.41) is 8.96. The Kier molecular flexibility index (Phi) is 4.44. The number of carbonyl (C=O) groups excluding carboxylic acids is 1. The van der Waals surface area contributed by atoms with Gasteiger partial charge in [-0.2, -0.15) is 0 Å². The number of benzene rings is 1. The smallest absolute Gasteiger partial charge is 0.251 e. The van der Waals surface area contributed by atoms with Crippen molar-refractivity contribution in [2.45, 2.75) is 13.1 Å². The fourth-order valence-corrected chi connectivity index (χ4v) is 2.16. The maximum absolute atomic E-state index is 11.4. The molecule has 4 nitrogen and oxygen atoms in total. The number of aromatic nitrogens is 1. The molecule has 0 unspecified atom stereocenters. The molecule has 0 atom stereocenters. The van der Waals surface area contributed by atoms with Gasteiger partial charge < -0.3 is 10.6 Å². The second kappa shape index (κ2) is 6.28. The third-order valence-corrected chi connectivity index (χ3v) is 3.31. The van der Waals surface area contributed by atoms with E-state index >= 15 is 0 Å². The van der Waals surface area contributed by atoms with Gasteiger partial charge in [-0.1, -0.05) is 12.1 Å². The van der Waals surface area contributed by atoms with Crippen molar-refractivity contribution in [1.82, 2.24) is 15.6 Å². The van der Waals surface area contributed by atoms with E-state index in [0.29, 0.717) is 5.56 Å². The van der Waals surface area contributed by atoms with Crippen LogP contribution >= 0.6 is 11.3 Å². The van der Waals surface area contributed by atoms with Crippen LogP contribution in [0.4, 0.5) is 0 Å². The van der Waals surface area contributed by atoms with Crippen molar-refractivity contribution in [3.05, 3.63) is 52.0 Å². The van der Waals surface area contributed by atoms with E-state index < -0.39 is 0 Å². The van der Waals surface area contributed by atoms with Crippen molar-refractivity contribution < 1.29 is 4.79 Å². The lowest BCUT2D eigenvalue weighted by Gasteiger charge is -2.04. The van der Waals surface area contributed by atoms with Gasteiger partial charge in [-0.05, 0) is 17.7 Å². The van der Waals surface area contributed by atoms with Gasteiger partial charge in [-0.25, -0.2) is 4.98 Å². The normalized spacial score (nSPS) is 10.3. The van der Waals surface area contributed by atoms with Crippen LogP contribution in [0.15, 0.2) is 35.8 Å². The Bertz CT molecular complexity index is 493. The first kappa shape index (κ1) is 12.7. The molecule has 0 aliphatic heterocycles. The number of nitrogens with zero attached hydrogens (tertiary/aromatic N) is 1. The predicted octanol–water partition coefficient (Wildman–Crippen LogP) is 1.79. The Balaban J connectivity index is 1.85. The summed E-state index contributed by atoms with van der Waals surface area (Å²) in [4.78, 5) is 15.6. The minimum atomic E-state index is -0.0581. The number of hydrogen-bond acceptors (Lipinski definition) is 4. The molecular formula is C13H15N3OS. The van der Waals surface area contributed by atoms with Gasteiger partial charge in [0.15, 0.2) is 0 Å². The first-order valence-corrected chi connectivity index (χ1v) is 6.57. The molecule has 0 saturated carbocycles. The number of hydrogen-bond donors (Lipinski definition) is 2. The maximum atomic E-state index is 11.4. The summed E-state index contributed by atoms with van der Waals surface area (Å²) < 4.78 is 0. The van der Waals surface area contributed by atoms with Crippen LogP contribution in [0.1, 0.15) is 20.9 Å². The van der Waals surface area contributed by atoms with Gasteiger partial charge in [0.2, 0.25) is 0 Å². The molecule has 1 aromatic carbocycles. The highest BCUT2D eigenvalue weighted by atomic mass is 32.1. The van der Waals surface area contributed by atoms with Gasteiger partial charge in [0, 0.05) is 37.3 Å². The van der Waals surface area contributed by atoms with E-state index in [9.17, 15) is 4.79 Å². The number of amides is 1. The fourth-order valence-electron chi connectivity index (χ4n) is 1.57. The summed E-state index contributed by atoms with van der Waals surface area (Å²) in [6, 6.07) is 7.58. The molecule has 0 aliphatic rings. The molecule has 18 heavy (non-hydrogen) atoms. The minimum absolute atomic E-state index is 0.0581. The number of thiazole rings is 1. The zero-order chi connectivity index (χ0) is 12.8. The van der Waals surface area contributed by atoms with Crippen molar-refractivity contribution in [1.29, 1.82) is 0 Å². The zero-order valence-electron chi connectivity index (χ0n) is 10.1. The third kappa shape index (κ3) is 3.38. The molecule has 5 heteroatoms. The van der Waals surface area contributed by atoms with Crippen LogP contribution in [-0.2, 0) is 13.1 Å². The Hall–Kier alpha value is -1.72. The fraction of sp³-hybridized carbons (Fsp3) is 0.231. The first-order chi connectivity index (χ1) is 8.79. The molecule has 0 aliphatic carbocycles. The van der Waals surface area contributed by atoms with Crippen LogP contribution in [0.5, 0.6) is 0 Å². The van der Waals surface area contributed by atoms with E-state index in [1.165, 1.54) is 0 Å². The lowest BCUT2D eigenvalue weighted by Crippen LogP contribution is -2.18. The zero-order valence-corrected chi connectivity index (χ0v) is 11.0. The van der Waals surface area contributed by atoms with E-state index in [1.54, 1.807) is 24.6 Å². The van der Waals surface area contributed by atoms with E-state index in [-0.39, 0.29) is 5.91 Å². The second-order valence-corrected chi connectivity index (χ2v) is 4.78. The van der Waals surface area contributed by atoms with Crippen molar-refractivity contribution in [3.8, 4) is 0 Å². The van der Waals surface area contributed by atoms with Gasteiger partial charge in [0.05, 0.1) is 0 Å². The largest absolute Gasteiger partial charge is 0.355 e. The number of nitrogens with one attached hydrogen (secondary N) is 2. The van der Waals surface area contributed by atoms with Gasteiger partial charge in [0.1, 0.15) is 5.01 Å². The Morgan fingerprint density at radius 2 is 2.06 bits per heavy atom. The average Bonchev–Trinajstić information content (AvgIpc) is 2.92. The third-order valence-electron chi connectivity index (χ3n) is 2.53. The Morgan fingerprint density at radius 3 is 2.67 bits per heavy atom. The summed E-state index contributed by atoms with van der Waals surface area (Å²) in [6.07, 6.45) is 1.81. The van der Waals surface area contributed by atoms with Crippen LogP contribution in [0.2, 0.25) is 0 Å². The van der Waals surface area contributed by atoms with E-state index in [1.807, 2.05) is 29.6 Å². The topological polar surface area (TPSA) is 54.0 Å². The maximum Gasteiger partial charge on any atom is 0.251 e. The quantitative estimate of drug-likeness (QED) is 0.863. The first-order valence-electron chi connectivity index (χ1n) is 5.69. The van der Waals surface area contributed by atoms with E-state index in [2.05, 4.69) is 15.6 Å². The van der Waals surface area contributed by atoms with Crippen molar-refractivity contribution in [2.24, 2.45) is 0 Å². The molecule has 0 spiro atoms. The molecule has 1 heterocycles. The summed E-state index contributed by atoms with van der Waals surface area (Å²) in [7, 11) is 1.63. The molecule has 0 saturated heterocycles. The molecule has 0 fully saturated rings. The van der Waals surface area contributed by atoms with Crippen LogP contribution in [-0.4, -0.2) is 17.9 Å². The Morgan fingerprint density at radius 1 is 1.28 bits per heavy atom. The highest BCUT2D eigenvalue weighted by Gasteiger charge is 2.02. The Labute approximate surface area is 110 Å². The molecule has 2 N–H and O–H groups in total. The highest BCUT2D eigenvalue weighted by Crippen LogP contribution is 2.06. The average molecular weight is 261 g/mol. The lowest BCUT2D eigenvalue weighted by atomic mass is 10.1. The summed E-state index contributed by atoms with van der Waals surface area (Å²) in [6.45, 7) is 1.54. The molecule has 2 aromatic rings. The van der Waals surface area contributed by atoms with Gasteiger partial charge in [-0.15, -0.1) is 11.3 Å². The van der Waals surface area contributed by atoms with Gasteiger partial charge in [0.25, 0.3) is 5.91 Å². The molecule has 1 amide bonds. The van der Waals surface area contributed by atoms with Crippen molar-refractivity contribution >= 4 is 17.2 Å². The molecular weight excluding hydrogens is 246 g/mol. The van der Waals surface area contributed by atoms with Crippen LogP contribution in [0.3, 0.4) is 0 Å². The monoisotopic (exact) mass is 261 g/mol. The van der Waals surface area contributed by atoms with Gasteiger partial charge >= 0.3 is 0 Å². The molecule has 0 radical (unpaired) electrons. The standard InChI is InChI=1S/C13H15N3OS/c1-14-13(17)11-4-2-10(3-5-11)8-15-9-12-16-6-7-18-12/h2-7,15H,8-9H2,1H3,(H,14,17). The van der Waals surface area contributed by atoms with Crippen molar-refractivity contribution in [2.75, 3.05) is 7.05 Å². The van der Waals surface area contributed by atoms with Crippen molar-refractivity contribution in [3.63, 3.8) is 0 Å². The van der Waals surface area contributed by atoms with E-state index in [0.717, 1.165) is 23.7 Å². The SMILES string of the molecule is CNC(=O)c1ccc(CNCc2nccs2)cc1. The summed E-state index contributed by atoms with van der Waals surface area (Å²) in [5.41, 5.74) is 1.83. The van der Waals surface area contributed by atoms with E-state index in [4.69, 9.17) is 0 Å². The molecule has 2 rings (SSSR count). The molecule has 94 valence electrons. The molecule has 1 aromatic heterocycles. The number of rotatable bonds is 5. The van der Waals surface area contributed by atoms with Crippen LogP contribution in [0.25, 0.3) is 0 Å². The van der Waals surface area contributed by atoms with Crippen LogP contribution in [0, 0.1) is 0 Å². The lowest BCUT2D eigenvalue weighted by molar-refractivity contribution is 0.0963. The molecule has 0 bridgehead atoms. The minimum Gasteiger partial charge on any atom is -0.355 e. The second-order valence-electron chi connectivity index (χ2n) is 3.81. The van der Waals surface area contributed by atoms with Gasteiger partial charge in [-0.3, -0.25) is 4.79 Å². The summed E-state index contributed by atoms with van der Waals surface area (Å²) in [5.74, 6) is -0.0581. The predicted molar refractivity (Wildman–Crippen MR) is 72.5 cm³/mol. The number of carbonyl (C=O) groups is 1.